The maximum Gasteiger partial charge on any atom is 0.322 e. The van der Waals surface area contributed by atoms with E-state index in [4.69, 9.17) is 5.73 Å². The SMILES string of the molecule is NCC(C(=O)O)N1CCC[C@H]2CCCC[C@H]21. The zero-order valence-corrected chi connectivity index (χ0v) is 9.77. The van der Waals surface area contributed by atoms with Crippen molar-refractivity contribution >= 4 is 5.97 Å². The summed E-state index contributed by atoms with van der Waals surface area (Å²) in [6.07, 6.45) is 7.40. The molecule has 1 unspecified atom stereocenters. The molecule has 1 saturated heterocycles. The van der Waals surface area contributed by atoms with Crippen molar-refractivity contribution in [3.05, 3.63) is 0 Å². The molecule has 16 heavy (non-hydrogen) atoms. The van der Waals surface area contributed by atoms with E-state index in [1.807, 2.05) is 0 Å². The lowest BCUT2D eigenvalue weighted by Crippen LogP contribution is -2.56. The Balaban J connectivity index is 2.09. The van der Waals surface area contributed by atoms with Crippen molar-refractivity contribution in [3.8, 4) is 0 Å². The van der Waals surface area contributed by atoms with Gasteiger partial charge in [0.25, 0.3) is 0 Å². The third kappa shape index (κ3) is 2.23. The summed E-state index contributed by atoms with van der Waals surface area (Å²) < 4.78 is 0. The molecule has 1 saturated carbocycles. The van der Waals surface area contributed by atoms with E-state index in [1.54, 1.807) is 0 Å². The number of fused-ring (bicyclic) bond motifs is 1. The van der Waals surface area contributed by atoms with Crippen molar-refractivity contribution in [3.63, 3.8) is 0 Å². The molecule has 0 spiro atoms. The van der Waals surface area contributed by atoms with E-state index < -0.39 is 12.0 Å². The standard InChI is InChI=1S/C12H22N2O2/c13-8-11(12(15)16)14-7-3-5-9-4-1-2-6-10(9)14/h9-11H,1-8,13H2,(H,15,16)/t9-,10-,11?/m1/s1. The van der Waals surface area contributed by atoms with Gasteiger partial charge in [-0.3, -0.25) is 9.69 Å². The Labute approximate surface area is 96.8 Å². The topological polar surface area (TPSA) is 66.6 Å². The minimum atomic E-state index is -0.756. The van der Waals surface area contributed by atoms with Crippen LogP contribution in [0, 0.1) is 5.92 Å². The molecule has 3 atom stereocenters. The summed E-state index contributed by atoms with van der Waals surface area (Å²) in [7, 11) is 0. The van der Waals surface area contributed by atoms with Crippen LogP contribution in [0.5, 0.6) is 0 Å². The van der Waals surface area contributed by atoms with Crippen LogP contribution in [0.25, 0.3) is 0 Å². The summed E-state index contributed by atoms with van der Waals surface area (Å²) in [5.41, 5.74) is 5.60. The lowest BCUT2D eigenvalue weighted by atomic mass is 9.77. The molecule has 2 fully saturated rings. The fourth-order valence-corrected chi connectivity index (χ4v) is 3.43. The molecule has 1 heterocycles. The van der Waals surface area contributed by atoms with E-state index in [0.29, 0.717) is 6.04 Å². The molecule has 1 aliphatic heterocycles. The number of piperidine rings is 1. The van der Waals surface area contributed by atoms with Crippen LogP contribution in [0.1, 0.15) is 38.5 Å². The number of nitrogens with two attached hydrogens (primary N) is 1. The predicted octanol–water partition coefficient (Wildman–Crippen LogP) is 1.05. The van der Waals surface area contributed by atoms with Gasteiger partial charge >= 0.3 is 5.97 Å². The van der Waals surface area contributed by atoms with E-state index in [9.17, 15) is 9.90 Å². The van der Waals surface area contributed by atoms with Crippen LogP contribution in [0.2, 0.25) is 0 Å². The van der Waals surface area contributed by atoms with Crippen molar-refractivity contribution in [2.24, 2.45) is 11.7 Å². The highest BCUT2D eigenvalue weighted by atomic mass is 16.4. The first-order valence-corrected chi connectivity index (χ1v) is 6.42. The number of nitrogens with zero attached hydrogens (tertiary/aromatic N) is 1. The number of likely N-dealkylation sites (tertiary alicyclic amines) is 1. The largest absolute Gasteiger partial charge is 0.480 e. The Morgan fingerprint density at radius 2 is 2.00 bits per heavy atom. The van der Waals surface area contributed by atoms with Gasteiger partial charge in [0.05, 0.1) is 0 Å². The third-order valence-corrected chi connectivity index (χ3v) is 4.19. The molecular weight excluding hydrogens is 204 g/mol. The zero-order chi connectivity index (χ0) is 11.5. The van der Waals surface area contributed by atoms with Crippen molar-refractivity contribution < 1.29 is 9.90 Å². The molecule has 92 valence electrons. The van der Waals surface area contributed by atoms with Gasteiger partial charge in [-0.2, -0.15) is 0 Å². The van der Waals surface area contributed by atoms with Gasteiger partial charge in [0.2, 0.25) is 0 Å². The highest BCUT2D eigenvalue weighted by molar-refractivity contribution is 5.73. The second-order valence-corrected chi connectivity index (χ2v) is 5.08. The van der Waals surface area contributed by atoms with Crippen LogP contribution in [0.4, 0.5) is 0 Å². The first kappa shape index (κ1) is 11.9. The molecular formula is C12H22N2O2. The number of carboxylic acids is 1. The summed E-state index contributed by atoms with van der Waals surface area (Å²) in [6, 6.07) is 0.0121. The van der Waals surface area contributed by atoms with Gasteiger partial charge in [-0.25, -0.2) is 0 Å². The number of rotatable bonds is 3. The maximum atomic E-state index is 11.2. The van der Waals surface area contributed by atoms with E-state index in [1.165, 1.54) is 25.7 Å². The molecule has 0 aromatic rings. The first-order valence-electron chi connectivity index (χ1n) is 6.42. The van der Waals surface area contributed by atoms with Crippen LogP contribution in [-0.4, -0.2) is 41.1 Å². The van der Waals surface area contributed by atoms with E-state index in [2.05, 4.69) is 4.90 Å². The third-order valence-electron chi connectivity index (χ3n) is 4.19. The molecule has 2 rings (SSSR count). The van der Waals surface area contributed by atoms with Gasteiger partial charge in [0.1, 0.15) is 6.04 Å². The average molecular weight is 226 g/mol. The number of hydrogen-bond acceptors (Lipinski definition) is 3. The van der Waals surface area contributed by atoms with Gasteiger partial charge in [0.15, 0.2) is 0 Å². The average Bonchev–Trinajstić information content (AvgIpc) is 2.30. The second-order valence-electron chi connectivity index (χ2n) is 5.08. The summed E-state index contributed by atoms with van der Waals surface area (Å²) in [4.78, 5) is 13.3. The summed E-state index contributed by atoms with van der Waals surface area (Å²) in [5, 5.41) is 9.19. The number of carboxylic acid groups (broad SMARTS) is 1. The van der Waals surface area contributed by atoms with Crippen LogP contribution in [-0.2, 0) is 4.79 Å². The summed E-state index contributed by atoms with van der Waals surface area (Å²) in [5.74, 6) is -0.0374. The molecule has 0 amide bonds. The van der Waals surface area contributed by atoms with E-state index in [0.717, 1.165) is 25.3 Å². The monoisotopic (exact) mass is 226 g/mol. The van der Waals surface area contributed by atoms with Crippen LogP contribution >= 0.6 is 0 Å². The van der Waals surface area contributed by atoms with Crippen LogP contribution in [0.3, 0.4) is 0 Å². The fraction of sp³-hybridized carbons (Fsp3) is 0.917. The van der Waals surface area contributed by atoms with Gasteiger partial charge in [-0.05, 0) is 38.1 Å². The smallest absolute Gasteiger partial charge is 0.322 e. The van der Waals surface area contributed by atoms with Crippen molar-refractivity contribution in [1.29, 1.82) is 0 Å². The van der Waals surface area contributed by atoms with Crippen molar-refractivity contribution in [1.82, 2.24) is 4.90 Å². The zero-order valence-electron chi connectivity index (χ0n) is 9.77. The minimum absolute atomic E-state index is 0.235. The Hall–Kier alpha value is -0.610. The quantitative estimate of drug-likeness (QED) is 0.755. The Kier molecular flexibility index (Phi) is 3.82. The lowest BCUT2D eigenvalue weighted by Gasteiger charge is -2.46. The number of hydrogen-bond donors (Lipinski definition) is 2. The Bertz CT molecular complexity index is 255. The molecule has 0 aromatic carbocycles. The molecule has 4 nitrogen and oxygen atoms in total. The molecule has 1 aliphatic carbocycles. The minimum Gasteiger partial charge on any atom is -0.480 e. The first-order chi connectivity index (χ1) is 7.74. The second kappa shape index (κ2) is 5.15. The van der Waals surface area contributed by atoms with Gasteiger partial charge in [-0.15, -0.1) is 0 Å². The lowest BCUT2D eigenvalue weighted by molar-refractivity contribution is -0.145. The highest BCUT2D eigenvalue weighted by Crippen LogP contribution is 2.36. The Morgan fingerprint density at radius 1 is 1.31 bits per heavy atom. The fourth-order valence-electron chi connectivity index (χ4n) is 3.43. The van der Waals surface area contributed by atoms with Gasteiger partial charge < -0.3 is 10.8 Å². The van der Waals surface area contributed by atoms with Crippen molar-refractivity contribution in [2.45, 2.75) is 50.6 Å². The summed E-state index contributed by atoms with van der Waals surface area (Å²) >= 11 is 0. The van der Waals surface area contributed by atoms with E-state index in [-0.39, 0.29) is 6.54 Å². The van der Waals surface area contributed by atoms with Gasteiger partial charge in [0, 0.05) is 12.6 Å². The van der Waals surface area contributed by atoms with E-state index >= 15 is 0 Å². The Morgan fingerprint density at radius 3 is 2.69 bits per heavy atom. The highest BCUT2D eigenvalue weighted by Gasteiger charge is 2.38. The molecule has 2 aliphatic rings. The maximum absolute atomic E-state index is 11.2. The number of aliphatic carboxylic acids is 1. The molecule has 4 heteroatoms. The van der Waals surface area contributed by atoms with Crippen LogP contribution < -0.4 is 5.73 Å². The molecule has 3 N–H and O–H groups in total. The number of carbonyl (C=O) groups is 1. The van der Waals surface area contributed by atoms with Crippen LogP contribution in [0.15, 0.2) is 0 Å². The summed E-state index contributed by atoms with van der Waals surface area (Å²) in [6.45, 7) is 1.15. The molecule has 0 radical (unpaired) electrons. The molecule has 0 aromatic heterocycles. The predicted molar refractivity (Wildman–Crippen MR) is 62.2 cm³/mol. The van der Waals surface area contributed by atoms with Gasteiger partial charge in [-0.1, -0.05) is 12.8 Å². The van der Waals surface area contributed by atoms with Crippen molar-refractivity contribution in [2.75, 3.05) is 13.1 Å². The normalized spacial score (nSPS) is 33.1. The molecule has 0 bridgehead atoms.